The van der Waals surface area contributed by atoms with Gasteiger partial charge in [0, 0.05) is 12.0 Å². The van der Waals surface area contributed by atoms with Gasteiger partial charge in [-0.05, 0) is 43.5 Å². The van der Waals surface area contributed by atoms with Gasteiger partial charge in [-0.1, -0.05) is 58.9 Å². The number of benzene rings is 1. The summed E-state index contributed by atoms with van der Waals surface area (Å²) in [5, 5.41) is 10.9. The average molecular weight is 291 g/mol. The molecule has 0 amide bonds. The summed E-state index contributed by atoms with van der Waals surface area (Å²) >= 11 is 0. The van der Waals surface area contributed by atoms with E-state index in [0.717, 1.165) is 38.8 Å². The summed E-state index contributed by atoms with van der Waals surface area (Å²) in [6.07, 6.45) is 3.46. The Labute approximate surface area is 131 Å². The van der Waals surface area contributed by atoms with Crippen molar-refractivity contribution >= 4 is 0 Å². The summed E-state index contributed by atoms with van der Waals surface area (Å²) in [6.45, 7) is 12.9. The fourth-order valence-electron chi connectivity index (χ4n) is 3.56. The molecule has 0 saturated heterocycles. The number of hydrogen-bond acceptors (Lipinski definition) is 2. The van der Waals surface area contributed by atoms with Gasteiger partial charge in [-0.25, -0.2) is 0 Å². The smallest absolute Gasteiger partial charge is 0.0763 e. The molecule has 0 saturated carbocycles. The second-order valence-corrected chi connectivity index (χ2v) is 5.87. The molecule has 0 bridgehead atoms. The van der Waals surface area contributed by atoms with E-state index in [2.05, 4.69) is 63.8 Å². The number of rotatable bonds is 9. The van der Waals surface area contributed by atoms with E-state index in [1.807, 2.05) is 0 Å². The summed E-state index contributed by atoms with van der Waals surface area (Å²) in [6, 6.07) is 8.69. The molecule has 0 heterocycles. The summed E-state index contributed by atoms with van der Waals surface area (Å²) in [5.74, 6) is 0. The van der Waals surface area contributed by atoms with Gasteiger partial charge in [0.1, 0.15) is 0 Å². The van der Waals surface area contributed by atoms with Crippen molar-refractivity contribution in [1.82, 2.24) is 4.90 Å². The van der Waals surface area contributed by atoms with E-state index >= 15 is 0 Å². The third-order valence-corrected chi connectivity index (χ3v) is 5.10. The minimum absolute atomic E-state index is 0.104. The monoisotopic (exact) mass is 291 g/mol. The Morgan fingerprint density at radius 1 is 0.905 bits per heavy atom. The quantitative estimate of drug-likeness (QED) is 0.742. The van der Waals surface area contributed by atoms with Crippen molar-refractivity contribution in [3.63, 3.8) is 0 Å². The highest BCUT2D eigenvalue weighted by atomic mass is 16.3. The lowest BCUT2D eigenvalue weighted by molar-refractivity contribution is -0.0340. The van der Waals surface area contributed by atoms with Gasteiger partial charge in [0.15, 0.2) is 0 Å². The van der Waals surface area contributed by atoms with Gasteiger partial charge in [0.25, 0.3) is 0 Å². The molecule has 0 aliphatic carbocycles. The van der Waals surface area contributed by atoms with Crippen LogP contribution in [0.2, 0.25) is 0 Å². The molecule has 1 rings (SSSR count). The first kappa shape index (κ1) is 18.2. The van der Waals surface area contributed by atoms with Crippen LogP contribution < -0.4 is 0 Å². The Balaban J connectivity index is 2.92. The van der Waals surface area contributed by atoms with Crippen LogP contribution in [0.1, 0.15) is 58.6 Å². The second-order valence-electron chi connectivity index (χ2n) is 5.87. The van der Waals surface area contributed by atoms with Crippen molar-refractivity contribution in [1.29, 1.82) is 0 Å². The molecule has 0 aliphatic rings. The van der Waals surface area contributed by atoms with Crippen LogP contribution in [0.25, 0.3) is 0 Å². The maximum Gasteiger partial charge on any atom is 0.0763 e. The van der Waals surface area contributed by atoms with Gasteiger partial charge < -0.3 is 5.11 Å². The molecule has 1 atom stereocenters. The third kappa shape index (κ3) is 4.08. The minimum atomic E-state index is -0.320. The Bertz CT molecular complexity index is 391. The van der Waals surface area contributed by atoms with Crippen LogP contribution in [-0.4, -0.2) is 34.7 Å². The summed E-state index contributed by atoms with van der Waals surface area (Å²) in [5.41, 5.74) is 2.49. The molecule has 21 heavy (non-hydrogen) atoms. The number of aliphatic hydroxyl groups excluding tert-OH is 1. The van der Waals surface area contributed by atoms with E-state index < -0.39 is 0 Å². The molecule has 0 spiro atoms. The van der Waals surface area contributed by atoms with E-state index in [9.17, 15) is 5.11 Å². The molecule has 0 radical (unpaired) electrons. The molecule has 2 heteroatoms. The van der Waals surface area contributed by atoms with Crippen LogP contribution in [0, 0.1) is 0 Å². The zero-order valence-electron chi connectivity index (χ0n) is 14.5. The Morgan fingerprint density at radius 2 is 1.38 bits per heavy atom. The molecular weight excluding hydrogens is 258 g/mol. The summed E-state index contributed by atoms with van der Waals surface area (Å²) in [7, 11) is 0. The van der Waals surface area contributed by atoms with Crippen LogP contribution in [0.3, 0.4) is 0 Å². The Hall–Kier alpha value is -0.860. The van der Waals surface area contributed by atoms with E-state index in [1.165, 1.54) is 11.1 Å². The summed E-state index contributed by atoms with van der Waals surface area (Å²) in [4.78, 5) is 2.43. The van der Waals surface area contributed by atoms with Gasteiger partial charge in [-0.2, -0.15) is 0 Å². The number of hydrogen-bond donors (Lipinski definition) is 1. The zero-order valence-corrected chi connectivity index (χ0v) is 14.5. The van der Waals surface area contributed by atoms with Crippen molar-refractivity contribution in [2.75, 3.05) is 13.1 Å². The summed E-state index contributed by atoms with van der Waals surface area (Å²) < 4.78 is 0. The van der Waals surface area contributed by atoms with Gasteiger partial charge in [0.05, 0.1) is 6.10 Å². The first-order valence-electron chi connectivity index (χ1n) is 8.58. The molecule has 0 aliphatic heterocycles. The molecule has 0 aromatic heterocycles. The molecule has 1 aromatic rings. The topological polar surface area (TPSA) is 23.5 Å². The fourth-order valence-corrected chi connectivity index (χ4v) is 3.56. The largest absolute Gasteiger partial charge is 0.391 e. The van der Waals surface area contributed by atoms with Gasteiger partial charge >= 0.3 is 0 Å². The molecule has 1 unspecified atom stereocenters. The Morgan fingerprint density at radius 3 is 1.76 bits per heavy atom. The zero-order chi connectivity index (χ0) is 15.9. The molecule has 1 N–H and O–H groups in total. The van der Waals surface area contributed by atoms with Crippen LogP contribution in [0.5, 0.6) is 0 Å². The van der Waals surface area contributed by atoms with Crippen molar-refractivity contribution in [2.24, 2.45) is 0 Å². The number of aryl methyl sites for hydroxylation is 1. The van der Waals surface area contributed by atoms with Crippen molar-refractivity contribution in [2.45, 2.75) is 71.9 Å². The fraction of sp³-hybridized carbons (Fsp3) is 0.684. The van der Waals surface area contributed by atoms with Gasteiger partial charge in [-0.3, -0.25) is 4.90 Å². The third-order valence-electron chi connectivity index (χ3n) is 5.10. The predicted octanol–water partition coefficient (Wildman–Crippen LogP) is 4.05. The van der Waals surface area contributed by atoms with E-state index in [1.54, 1.807) is 0 Å². The molecule has 0 fully saturated rings. The van der Waals surface area contributed by atoms with Gasteiger partial charge in [0.2, 0.25) is 0 Å². The highest BCUT2D eigenvalue weighted by molar-refractivity contribution is 5.23. The van der Waals surface area contributed by atoms with Crippen molar-refractivity contribution in [3.8, 4) is 0 Å². The van der Waals surface area contributed by atoms with E-state index in [4.69, 9.17) is 0 Å². The SMILES string of the molecule is CCc1ccc(CC(O)C(CC)(CC)N(CC)CC)cc1. The first-order chi connectivity index (χ1) is 10.1. The van der Waals surface area contributed by atoms with Gasteiger partial charge in [-0.15, -0.1) is 0 Å². The standard InChI is InChI=1S/C19H33NO/c1-6-16-11-13-17(14-12-16)15-18(21)19(7-2,8-3)20(9-4)10-5/h11-14,18,21H,6-10,15H2,1-5H3. The molecule has 120 valence electrons. The van der Waals surface area contributed by atoms with Crippen LogP contribution >= 0.6 is 0 Å². The predicted molar refractivity (Wildman–Crippen MR) is 91.8 cm³/mol. The maximum atomic E-state index is 10.9. The molecular formula is C19H33NO. The second kappa shape index (κ2) is 8.55. The lowest BCUT2D eigenvalue weighted by atomic mass is 9.81. The van der Waals surface area contributed by atoms with Crippen LogP contribution in [-0.2, 0) is 12.8 Å². The molecule has 2 nitrogen and oxygen atoms in total. The first-order valence-corrected chi connectivity index (χ1v) is 8.58. The number of nitrogens with zero attached hydrogens (tertiary/aromatic N) is 1. The maximum absolute atomic E-state index is 10.9. The van der Waals surface area contributed by atoms with Crippen molar-refractivity contribution in [3.05, 3.63) is 35.4 Å². The highest BCUT2D eigenvalue weighted by Gasteiger charge is 2.38. The van der Waals surface area contributed by atoms with E-state index in [0.29, 0.717) is 0 Å². The molecule has 1 aromatic carbocycles. The Kier molecular flexibility index (Phi) is 7.41. The lowest BCUT2D eigenvalue weighted by Crippen LogP contribution is -2.56. The number of likely N-dealkylation sites (N-methyl/N-ethyl adjacent to an activating group) is 1. The average Bonchev–Trinajstić information content (AvgIpc) is 2.53. The van der Waals surface area contributed by atoms with Crippen molar-refractivity contribution < 1.29 is 5.11 Å². The number of aliphatic hydroxyl groups is 1. The van der Waals surface area contributed by atoms with Crippen LogP contribution in [0.4, 0.5) is 0 Å². The minimum Gasteiger partial charge on any atom is -0.391 e. The highest BCUT2D eigenvalue weighted by Crippen LogP contribution is 2.30. The lowest BCUT2D eigenvalue weighted by Gasteiger charge is -2.46. The van der Waals surface area contributed by atoms with E-state index in [-0.39, 0.29) is 11.6 Å². The normalized spacial score (nSPS) is 13.7. The van der Waals surface area contributed by atoms with Crippen LogP contribution in [0.15, 0.2) is 24.3 Å².